The van der Waals surface area contributed by atoms with E-state index in [1.807, 2.05) is 31.2 Å². The molecule has 82 valence electrons. The number of hydrogen-bond acceptors (Lipinski definition) is 2. The quantitative estimate of drug-likeness (QED) is 0.584. The molecular formula is C13H12ClNO. The highest BCUT2D eigenvalue weighted by Crippen LogP contribution is 2.31. The lowest BCUT2D eigenvalue weighted by Crippen LogP contribution is -1.87. The highest BCUT2D eigenvalue weighted by molar-refractivity contribution is 6.30. The van der Waals surface area contributed by atoms with E-state index in [0.717, 1.165) is 16.7 Å². The molecule has 0 aliphatic carbocycles. The Labute approximate surface area is 99.3 Å². The van der Waals surface area contributed by atoms with Gasteiger partial charge in [0.05, 0.1) is 5.69 Å². The highest BCUT2D eigenvalue weighted by Gasteiger charge is 2.05. The number of benzene rings is 2. The van der Waals surface area contributed by atoms with Crippen molar-refractivity contribution >= 4 is 17.3 Å². The van der Waals surface area contributed by atoms with Gasteiger partial charge in [0.2, 0.25) is 0 Å². The topological polar surface area (TPSA) is 46.2 Å². The van der Waals surface area contributed by atoms with Gasteiger partial charge < -0.3 is 10.8 Å². The zero-order chi connectivity index (χ0) is 11.7. The summed E-state index contributed by atoms with van der Waals surface area (Å²) >= 11 is 5.95. The molecule has 2 aromatic carbocycles. The number of phenolic OH excluding ortho intramolecular Hbond substituents is 1. The molecule has 3 heteroatoms. The van der Waals surface area contributed by atoms with E-state index in [0.29, 0.717) is 10.7 Å². The van der Waals surface area contributed by atoms with Gasteiger partial charge in [-0.05, 0) is 47.9 Å². The molecule has 2 nitrogen and oxygen atoms in total. The van der Waals surface area contributed by atoms with E-state index < -0.39 is 0 Å². The van der Waals surface area contributed by atoms with Crippen LogP contribution in [0.2, 0.25) is 5.02 Å². The summed E-state index contributed by atoms with van der Waals surface area (Å²) in [4.78, 5) is 0. The number of halogens is 1. The van der Waals surface area contributed by atoms with Crippen molar-refractivity contribution in [1.82, 2.24) is 0 Å². The molecule has 0 aliphatic rings. The Bertz CT molecular complexity index is 537. The van der Waals surface area contributed by atoms with Crippen molar-refractivity contribution in [2.75, 3.05) is 5.73 Å². The number of nitrogens with two attached hydrogens (primary N) is 1. The average molecular weight is 234 g/mol. The van der Waals surface area contributed by atoms with Crippen LogP contribution in [0.1, 0.15) is 5.56 Å². The van der Waals surface area contributed by atoms with Crippen LogP contribution in [0.15, 0.2) is 36.4 Å². The smallest absolute Gasteiger partial charge is 0.139 e. The molecule has 0 radical (unpaired) electrons. The van der Waals surface area contributed by atoms with Crippen molar-refractivity contribution < 1.29 is 5.11 Å². The van der Waals surface area contributed by atoms with Gasteiger partial charge in [-0.15, -0.1) is 0 Å². The van der Waals surface area contributed by atoms with Gasteiger partial charge in [0.25, 0.3) is 0 Å². The number of aryl methyl sites for hydroxylation is 1. The second-order valence-corrected chi connectivity index (χ2v) is 4.17. The molecule has 0 aromatic heterocycles. The Morgan fingerprint density at radius 1 is 1.12 bits per heavy atom. The molecule has 0 aliphatic heterocycles. The molecule has 0 unspecified atom stereocenters. The van der Waals surface area contributed by atoms with Gasteiger partial charge in [-0.2, -0.15) is 0 Å². The molecule has 2 rings (SSSR count). The van der Waals surface area contributed by atoms with E-state index in [2.05, 4.69) is 0 Å². The van der Waals surface area contributed by atoms with Gasteiger partial charge in [0, 0.05) is 5.02 Å². The molecule has 0 atom stereocenters. The van der Waals surface area contributed by atoms with Gasteiger partial charge in [-0.25, -0.2) is 0 Å². The van der Waals surface area contributed by atoms with Crippen LogP contribution in [0.4, 0.5) is 5.69 Å². The third-order valence-corrected chi connectivity index (χ3v) is 2.78. The first-order valence-electron chi connectivity index (χ1n) is 4.93. The van der Waals surface area contributed by atoms with E-state index in [1.165, 1.54) is 0 Å². The molecule has 2 aromatic rings. The standard InChI is InChI=1S/C13H12ClNO/c1-8-2-4-10(14)7-11(8)9-3-5-12(15)13(16)6-9/h2-7,16H,15H2,1H3. The highest BCUT2D eigenvalue weighted by atomic mass is 35.5. The van der Waals surface area contributed by atoms with Crippen LogP contribution < -0.4 is 5.73 Å². The molecule has 0 heterocycles. The maximum absolute atomic E-state index is 9.56. The van der Waals surface area contributed by atoms with E-state index in [4.69, 9.17) is 17.3 Å². The van der Waals surface area contributed by atoms with Crippen LogP contribution in [0.3, 0.4) is 0 Å². The molecule has 0 saturated heterocycles. The minimum absolute atomic E-state index is 0.0943. The molecule has 0 fully saturated rings. The van der Waals surface area contributed by atoms with Crippen molar-refractivity contribution in [2.24, 2.45) is 0 Å². The van der Waals surface area contributed by atoms with Gasteiger partial charge in [0.1, 0.15) is 5.75 Å². The number of rotatable bonds is 1. The summed E-state index contributed by atoms with van der Waals surface area (Å²) < 4.78 is 0. The molecule has 0 spiro atoms. The summed E-state index contributed by atoms with van der Waals surface area (Å²) in [5, 5.41) is 10.2. The zero-order valence-electron chi connectivity index (χ0n) is 8.87. The first kappa shape index (κ1) is 10.8. The van der Waals surface area contributed by atoms with Crippen molar-refractivity contribution in [3.63, 3.8) is 0 Å². The van der Waals surface area contributed by atoms with E-state index >= 15 is 0 Å². The second-order valence-electron chi connectivity index (χ2n) is 3.73. The number of anilines is 1. The van der Waals surface area contributed by atoms with Crippen LogP contribution in [0.5, 0.6) is 5.75 Å². The fourth-order valence-electron chi connectivity index (χ4n) is 1.62. The maximum atomic E-state index is 9.56. The first-order valence-corrected chi connectivity index (χ1v) is 5.31. The van der Waals surface area contributed by atoms with Crippen molar-refractivity contribution in [3.8, 4) is 16.9 Å². The third-order valence-electron chi connectivity index (χ3n) is 2.54. The summed E-state index contributed by atoms with van der Waals surface area (Å²) in [5.41, 5.74) is 8.95. The summed E-state index contributed by atoms with van der Waals surface area (Å²) in [6, 6.07) is 10.9. The minimum atomic E-state index is 0.0943. The number of hydrogen-bond donors (Lipinski definition) is 2. The normalized spacial score (nSPS) is 10.4. The summed E-state index contributed by atoms with van der Waals surface area (Å²) in [6.45, 7) is 2.00. The van der Waals surface area contributed by atoms with Crippen molar-refractivity contribution in [1.29, 1.82) is 0 Å². The van der Waals surface area contributed by atoms with Gasteiger partial charge in [-0.1, -0.05) is 23.7 Å². The largest absolute Gasteiger partial charge is 0.506 e. The lowest BCUT2D eigenvalue weighted by Gasteiger charge is -2.08. The van der Waals surface area contributed by atoms with E-state index in [9.17, 15) is 5.11 Å². The van der Waals surface area contributed by atoms with Crippen molar-refractivity contribution in [3.05, 3.63) is 47.0 Å². The van der Waals surface area contributed by atoms with Crippen LogP contribution in [-0.4, -0.2) is 5.11 Å². The summed E-state index contributed by atoms with van der Waals surface area (Å²) in [7, 11) is 0. The van der Waals surface area contributed by atoms with Gasteiger partial charge in [-0.3, -0.25) is 0 Å². The Hall–Kier alpha value is -1.67. The Balaban J connectivity index is 2.58. The second kappa shape index (κ2) is 4.06. The van der Waals surface area contributed by atoms with Crippen LogP contribution in [-0.2, 0) is 0 Å². The molecule has 0 amide bonds. The first-order chi connectivity index (χ1) is 7.58. The molecule has 0 bridgehead atoms. The van der Waals surface area contributed by atoms with E-state index in [1.54, 1.807) is 12.1 Å². The molecule has 0 saturated carbocycles. The SMILES string of the molecule is Cc1ccc(Cl)cc1-c1ccc(N)c(O)c1. The number of phenols is 1. The van der Waals surface area contributed by atoms with Gasteiger partial charge >= 0.3 is 0 Å². The zero-order valence-corrected chi connectivity index (χ0v) is 9.62. The lowest BCUT2D eigenvalue weighted by molar-refractivity contribution is 0.478. The number of nitrogen functional groups attached to an aromatic ring is 1. The maximum Gasteiger partial charge on any atom is 0.139 e. The summed E-state index contributed by atoms with van der Waals surface area (Å²) in [5.74, 6) is 0.0943. The van der Waals surface area contributed by atoms with Crippen molar-refractivity contribution in [2.45, 2.75) is 6.92 Å². The lowest BCUT2D eigenvalue weighted by atomic mass is 10.0. The fraction of sp³-hybridized carbons (Fsp3) is 0.0769. The van der Waals surface area contributed by atoms with Crippen LogP contribution >= 0.6 is 11.6 Å². The van der Waals surface area contributed by atoms with Gasteiger partial charge in [0.15, 0.2) is 0 Å². The van der Waals surface area contributed by atoms with Crippen LogP contribution in [0, 0.1) is 6.92 Å². The number of aromatic hydroxyl groups is 1. The minimum Gasteiger partial charge on any atom is -0.506 e. The predicted octanol–water partition coefficient (Wildman–Crippen LogP) is 3.60. The van der Waals surface area contributed by atoms with E-state index in [-0.39, 0.29) is 5.75 Å². The Morgan fingerprint density at radius 2 is 1.88 bits per heavy atom. The predicted molar refractivity (Wildman–Crippen MR) is 67.7 cm³/mol. The Kier molecular flexibility index (Phi) is 2.75. The monoisotopic (exact) mass is 233 g/mol. The Morgan fingerprint density at radius 3 is 2.56 bits per heavy atom. The molecule has 16 heavy (non-hydrogen) atoms. The fourth-order valence-corrected chi connectivity index (χ4v) is 1.79. The molecular weight excluding hydrogens is 222 g/mol. The summed E-state index contributed by atoms with van der Waals surface area (Å²) in [6.07, 6.45) is 0. The average Bonchev–Trinajstić information content (AvgIpc) is 2.26. The van der Waals surface area contributed by atoms with Crippen LogP contribution in [0.25, 0.3) is 11.1 Å². The third kappa shape index (κ3) is 1.97. The molecule has 3 N–H and O–H groups in total.